The largest absolute Gasteiger partial charge is 0.467 e. The Kier molecular flexibility index (Phi) is 4.75. The molecule has 1 aliphatic heterocycles. The average Bonchev–Trinajstić information content (AvgIpc) is 3.23. The molecule has 128 valence electrons. The average molecular weight is 334 g/mol. The molecule has 10 heteroatoms. The van der Waals surface area contributed by atoms with Crippen LogP contribution in [-0.4, -0.2) is 34.1 Å². The van der Waals surface area contributed by atoms with Crippen LogP contribution in [0.1, 0.15) is 18.6 Å². The number of nitrogens with zero attached hydrogens (tertiary/aromatic N) is 3. The molecule has 1 saturated heterocycles. The minimum absolute atomic E-state index is 0.0142. The van der Waals surface area contributed by atoms with Gasteiger partial charge in [-0.25, -0.2) is 0 Å². The van der Waals surface area contributed by atoms with E-state index >= 15 is 0 Å². The van der Waals surface area contributed by atoms with Gasteiger partial charge >= 0.3 is 5.69 Å². The van der Waals surface area contributed by atoms with Crippen molar-refractivity contribution >= 4 is 23.3 Å². The second-order valence-electron chi connectivity index (χ2n) is 5.34. The number of rotatable bonds is 7. The lowest BCUT2D eigenvalue weighted by Crippen LogP contribution is -2.20. The number of ether oxygens (including phenoxy) is 1. The Hall–Kier alpha value is -2.88. The van der Waals surface area contributed by atoms with Crippen molar-refractivity contribution in [2.75, 3.05) is 29.5 Å². The van der Waals surface area contributed by atoms with Crippen LogP contribution in [0.15, 0.2) is 22.8 Å². The van der Waals surface area contributed by atoms with Gasteiger partial charge in [-0.2, -0.15) is 9.97 Å². The van der Waals surface area contributed by atoms with Gasteiger partial charge in [0.15, 0.2) is 0 Å². The lowest BCUT2D eigenvalue weighted by atomic mass is 10.2. The Morgan fingerprint density at radius 1 is 1.42 bits per heavy atom. The number of nitrogens with one attached hydrogen (secondary N) is 2. The third kappa shape index (κ3) is 3.71. The van der Waals surface area contributed by atoms with Crippen molar-refractivity contribution in [3.8, 4) is 0 Å². The van der Waals surface area contributed by atoms with Crippen molar-refractivity contribution in [2.24, 2.45) is 0 Å². The van der Waals surface area contributed by atoms with Crippen LogP contribution in [-0.2, 0) is 11.3 Å². The number of furan rings is 1. The molecule has 0 aromatic carbocycles. The van der Waals surface area contributed by atoms with Crippen molar-refractivity contribution in [1.82, 2.24) is 9.97 Å². The van der Waals surface area contributed by atoms with Crippen molar-refractivity contribution in [1.29, 1.82) is 0 Å². The fraction of sp³-hybridized carbons (Fsp3) is 0.429. The van der Waals surface area contributed by atoms with E-state index < -0.39 is 4.92 Å². The molecule has 0 spiro atoms. The molecule has 3 heterocycles. The Labute approximate surface area is 137 Å². The maximum absolute atomic E-state index is 11.2. The van der Waals surface area contributed by atoms with Gasteiger partial charge in [-0.1, -0.05) is 0 Å². The lowest BCUT2D eigenvalue weighted by molar-refractivity contribution is -0.383. The van der Waals surface area contributed by atoms with Gasteiger partial charge in [0.2, 0.25) is 17.6 Å². The Bertz CT molecular complexity index is 700. The highest BCUT2D eigenvalue weighted by Crippen LogP contribution is 2.29. The summed E-state index contributed by atoms with van der Waals surface area (Å²) in [6, 6.07) is 3.55. The number of hydrogen-bond donors (Lipinski definition) is 3. The van der Waals surface area contributed by atoms with E-state index in [0.29, 0.717) is 25.5 Å². The topological polar surface area (TPSA) is 141 Å². The first-order valence-corrected chi connectivity index (χ1v) is 7.57. The Balaban J connectivity index is 1.75. The van der Waals surface area contributed by atoms with Gasteiger partial charge in [0.05, 0.1) is 23.8 Å². The standard InChI is InChI=1S/C14H18N6O4/c15-12-11(20(21)22)13(16-7-9-3-1-5-23-9)19-14(18-12)17-8-10-4-2-6-24-10/h2,4,6,9H,1,3,5,7-8H2,(H4,15,16,17,18,19). The summed E-state index contributed by atoms with van der Waals surface area (Å²) in [7, 11) is 0. The van der Waals surface area contributed by atoms with Crippen LogP contribution >= 0.6 is 0 Å². The van der Waals surface area contributed by atoms with E-state index in [1.165, 1.54) is 0 Å². The molecular formula is C14H18N6O4. The fourth-order valence-electron chi connectivity index (χ4n) is 2.45. The molecule has 1 unspecified atom stereocenters. The zero-order valence-corrected chi connectivity index (χ0v) is 12.9. The van der Waals surface area contributed by atoms with Crippen molar-refractivity contribution in [2.45, 2.75) is 25.5 Å². The molecular weight excluding hydrogens is 316 g/mol. The lowest BCUT2D eigenvalue weighted by Gasteiger charge is -2.13. The van der Waals surface area contributed by atoms with Crippen LogP contribution in [0.4, 0.5) is 23.3 Å². The second-order valence-corrected chi connectivity index (χ2v) is 5.34. The van der Waals surface area contributed by atoms with Gasteiger partial charge in [0.1, 0.15) is 5.76 Å². The van der Waals surface area contributed by atoms with Crippen LogP contribution in [0.2, 0.25) is 0 Å². The maximum atomic E-state index is 11.2. The van der Waals surface area contributed by atoms with E-state index in [-0.39, 0.29) is 29.4 Å². The summed E-state index contributed by atoms with van der Waals surface area (Å²) in [5.74, 6) is 0.741. The number of aromatic nitrogens is 2. The summed E-state index contributed by atoms with van der Waals surface area (Å²) in [6.07, 6.45) is 3.46. The smallest absolute Gasteiger partial charge is 0.353 e. The molecule has 1 aliphatic rings. The number of nitrogen functional groups attached to an aromatic ring is 1. The third-order valence-electron chi connectivity index (χ3n) is 3.62. The number of nitrogens with two attached hydrogens (primary N) is 1. The zero-order valence-electron chi connectivity index (χ0n) is 12.9. The quantitative estimate of drug-likeness (QED) is 0.510. The van der Waals surface area contributed by atoms with E-state index in [0.717, 1.165) is 12.8 Å². The van der Waals surface area contributed by atoms with E-state index in [1.54, 1.807) is 18.4 Å². The van der Waals surface area contributed by atoms with Crippen LogP contribution in [0, 0.1) is 10.1 Å². The molecule has 10 nitrogen and oxygen atoms in total. The minimum atomic E-state index is -0.594. The second kappa shape index (κ2) is 7.13. The maximum Gasteiger partial charge on any atom is 0.353 e. The highest BCUT2D eigenvalue weighted by molar-refractivity contribution is 5.69. The molecule has 0 radical (unpaired) electrons. The monoisotopic (exact) mass is 334 g/mol. The number of anilines is 3. The van der Waals surface area contributed by atoms with Crippen LogP contribution in [0.3, 0.4) is 0 Å². The molecule has 1 fully saturated rings. The van der Waals surface area contributed by atoms with Gasteiger partial charge in [-0.15, -0.1) is 0 Å². The molecule has 0 bridgehead atoms. The third-order valence-corrected chi connectivity index (χ3v) is 3.62. The van der Waals surface area contributed by atoms with Crippen LogP contribution < -0.4 is 16.4 Å². The van der Waals surface area contributed by atoms with Crippen LogP contribution in [0.25, 0.3) is 0 Å². The minimum Gasteiger partial charge on any atom is -0.467 e. The zero-order chi connectivity index (χ0) is 16.9. The first-order chi connectivity index (χ1) is 11.6. The molecule has 3 rings (SSSR count). The molecule has 2 aromatic heterocycles. The van der Waals surface area contributed by atoms with Gasteiger partial charge in [0, 0.05) is 13.2 Å². The van der Waals surface area contributed by atoms with E-state index in [2.05, 4.69) is 20.6 Å². The number of hydrogen-bond acceptors (Lipinski definition) is 9. The molecule has 0 amide bonds. The normalized spacial score (nSPS) is 16.9. The van der Waals surface area contributed by atoms with E-state index in [4.69, 9.17) is 14.9 Å². The van der Waals surface area contributed by atoms with Gasteiger partial charge in [-0.3, -0.25) is 10.1 Å². The molecule has 0 saturated carbocycles. The van der Waals surface area contributed by atoms with E-state index in [9.17, 15) is 10.1 Å². The Morgan fingerprint density at radius 2 is 2.29 bits per heavy atom. The SMILES string of the molecule is Nc1nc(NCc2ccco2)nc(NCC2CCCO2)c1[N+](=O)[O-]. The predicted molar refractivity (Wildman–Crippen MR) is 86.6 cm³/mol. The van der Waals surface area contributed by atoms with E-state index in [1.807, 2.05) is 0 Å². The molecule has 0 aliphatic carbocycles. The van der Waals surface area contributed by atoms with Gasteiger partial charge in [-0.05, 0) is 25.0 Å². The number of nitro groups is 1. The Morgan fingerprint density at radius 3 is 2.96 bits per heavy atom. The van der Waals surface area contributed by atoms with Crippen molar-refractivity contribution < 1.29 is 14.1 Å². The highest BCUT2D eigenvalue weighted by atomic mass is 16.6. The highest BCUT2D eigenvalue weighted by Gasteiger charge is 2.24. The summed E-state index contributed by atoms with van der Waals surface area (Å²) in [6.45, 7) is 1.47. The molecule has 2 aromatic rings. The summed E-state index contributed by atoms with van der Waals surface area (Å²) in [5, 5.41) is 17.1. The predicted octanol–water partition coefficient (Wildman–Crippen LogP) is 1.76. The molecule has 24 heavy (non-hydrogen) atoms. The van der Waals surface area contributed by atoms with Crippen LogP contribution in [0.5, 0.6) is 0 Å². The first kappa shape index (κ1) is 16.0. The van der Waals surface area contributed by atoms with Crippen molar-refractivity contribution in [3.05, 3.63) is 34.3 Å². The van der Waals surface area contributed by atoms with Gasteiger partial charge in [0.25, 0.3) is 0 Å². The molecule has 4 N–H and O–H groups in total. The fourth-order valence-corrected chi connectivity index (χ4v) is 2.45. The van der Waals surface area contributed by atoms with Gasteiger partial charge < -0.3 is 25.5 Å². The van der Waals surface area contributed by atoms with Crippen molar-refractivity contribution in [3.63, 3.8) is 0 Å². The molecule has 1 atom stereocenters. The summed E-state index contributed by atoms with van der Waals surface area (Å²) >= 11 is 0. The summed E-state index contributed by atoms with van der Waals surface area (Å²) in [4.78, 5) is 18.7. The summed E-state index contributed by atoms with van der Waals surface area (Å²) < 4.78 is 10.7. The first-order valence-electron chi connectivity index (χ1n) is 7.57. The summed E-state index contributed by atoms with van der Waals surface area (Å²) in [5.41, 5.74) is 5.39.